The number of ether oxygens (including phenoxy) is 1. The Hall–Kier alpha value is -1.94. The number of hydrogen-bond donors (Lipinski definition) is 1. The van der Waals surface area contributed by atoms with Crippen molar-refractivity contribution in [1.29, 1.82) is 0 Å². The van der Waals surface area contributed by atoms with E-state index in [0.29, 0.717) is 18.6 Å². The first kappa shape index (κ1) is 15.4. The summed E-state index contributed by atoms with van der Waals surface area (Å²) in [7, 11) is 0. The molecule has 1 unspecified atom stereocenters. The van der Waals surface area contributed by atoms with E-state index in [-0.39, 0.29) is 11.9 Å². The maximum absolute atomic E-state index is 13.7. The fourth-order valence-corrected chi connectivity index (χ4v) is 2.16. The van der Waals surface area contributed by atoms with Gasteiger partial charge in [0.1, 0.15) is 24.0 Å². The van der Waals surface area contributed by atoms with E-state index in [9.17, 15) is 8.78 Å². The zero-order valence-corrected chi connectivity index (χ0v) is 12.0. The van der Waals surface area contributed by atoms with Crippen LogP contribution in [0.3, 0.4) is 0 Å². The highest BCUT2D eigenvalue weighted by Crippen LogP contribution is 2.14. The molecule has 0 aliphatic heterocycles. The number of rotatable bonds is 7. The molecule has 0 aliphatic carbocycles. The lowest BCUT2D eigenvalue weighted by molar-refractivity contribution is 0.264. The lowest BCUT2D eigenvalue weighted by atomic mass is 10.1. The van der Waals surface area contributed by atoms with Crippen LogP contribution in [0.5, 0.6) is 5.75 Å². The van der Waals surface area contributed by atoms with Crippen molar-refractivity contribution in [3.63, 3.8) is 0 Å². The van der Waals surface area contributed by atoms with Crippen LogP contribution in [0.1, 0.15) is 12.5 Å². The van der Waals surface area contributed by atoms with Crippen molar-refractivity contribution >= 4 is 0 Å². The largest absolute Gasteiger partial charge is 0.492 e. The third-order valence-electron chi connectivity index (χ3n) is 3.16. The van der Waals surface area contributed by atoms with E-state index >= 15 is 0 Å². The SMILES string of the molecule is CCNC(COc1ccccc1)Cc1cc(F)ccc1F. The molecule has 0 bridgehead atoms. The van der Waals surface area contributed by atoms with Gasteiger partial charge in [0.2, 0.25) is 0 Å². The fourth-order valence-electron chi connectivity index (χ4n) is 2.16. The molecule has 1 N–H and O–H groups in total. The van der Waals surface area contributed by atoms with Gasteiger partial charge in [0.05, 0.1) is 0 Å². The van der Waals surface area contributed by atoms with E-state index < -0.39 is 5.82 Å². The van der Waals surface area contributed by atoms with Crippen LogP contribution in [-0.4, -0.2) is 19.2 Å². The van der Waals surface area contributed by atoms with Gasteiger partial charge in [0.15, 0.2) is 0 Å². The normalized spacial score (nSPS) is 12.1. The first-order valence-corrected chi connectivity index (χ1v) is 7.04. The van der Waals surface area contributed by atoms with E-state index in [0.717, 1.165) is 24.4 Å². The summed E-state index contributed by atoms with van der Waals surface area (Å²) in [4.78, 5) is 0. The standard InChI is InChI=1S/C17H19F2NO/c1-2-20-15(12-21-16-6-4-3-5-7-16)11-13-10-14(18)8-9-17(13)19/h3-10,15,20H,2,11-12H2,1H3. The van der Waals surface area contributed by atoms with Crippen molar-refractivity contribution in [3.05, 3.63) is 65.7 Å². The van der Waals surface area contributed by atoms with Gasteiger partial charge in [-0.2, -0.15) is 0 Å². The molecular formula is C17H19F2NO. The van der Waals surface area contributed by atoms with E-state index in [4.69, 9.17) is 4.74 Å². The van der Waals surface area contributed by atoms with Gasteiger partial charge in [0.25, 0.3) is 0 Å². The molecule has 0 radical (unpaired) electrons. The minimum atomic E-state index is -0.425. The molecule has 21 heavy (non-hydrogen) atoms. The monoisotopic (exact) mass is 291 g/mol. The van der Waals surface area contributed by atoms with Gasteiger partial charge >= 0.3 is 0 Å². The average molecular weight is 291 g/mol. The first-order chi connectivity index (χ1) is 10.2. The van der Waals surface area contributed by atoms with Crippen LogP contribution < -0.4 is 10.1 Å². The number of para-hydroxylation sites is 1. The number of hydrogen-bond acceptors (Lipinski definition) is 2. The second-order valence-corrected chi connectivity index (χ2v) is 4.82. The Kier molecular flexibility index (Phi) is 5.69. The molecule has 2 aromatic rings. The highest BCUT2D eigenvalue weighted by Gasteiger charge is 2.13. The average Bonchev–Trinajstić information content (AvgIpc) is 2.50. The van der Waals surface area contributed by atoms with Crippen LogP contribution in [0, 0.1) is 11.6 Å². The van der Waals surface area contributed by atoms with E-state index in [1.54, 1.807) is 0 Å². The third-order valence-corrected chi connectivity index (χ3v) is 3.16. The second kappa shape index (κ2) is 7.74. The Morgan fingerprint density at radius 2 is 1.86 bits per heavy atom. The van der Waals surface area contributed by atoms with Crippen molar-refractivity contribution in [3.8, 4) is 5.75 Å². The quantitative estimate of drug-likeness (QED) is 0.842. The van der Waals surface area contributed by atoms with E-state index in [1.807, 2.05) is 37.3 Å². The molecule has 0 fully saturated rings. The Balaban J connectivity index is 2.00. The Labute approximate surface area is 123 Å². The van der Waals surface area contributed by atoms with Crippen molar-refractivity contribution in [1.82, 2.24) is 5.32 Å². The molecule has 0 spiro atoms. The van der Waals surface area contributed by atoms with Gasteiger partial charge in [0, 0.05) is 6.04 Å². The summed E-state index contributed by atoms with van der Waals surface area (Å²) in [5, 5.41) is 3.23. The van der Waals surface area contributed by atoms with Crippen LogP contribution >= 0.6 is 0 Å². The third kappa shape index (κ3) is 4.83. The fraction of sp³-hybridized carbons (Fsp3) is 0.294. The smallest absolute Gasteiger partial charge is 0.126 e. The highest BCUT2D eigenvalue weighted by atomic mass is 19.1. The topological polar surface area (TPSA) is 21.3 Å². The van der Waals surface area contributed by atoms with Crippen molar-refractivity contribution < 1.29 is 13.5 Å². The minimum Gasteiger partial charge on any atom is -0.492 e. The predicted molar refractivity (Wildman–Crippen MR) is 79.5 cm³/mol. The lowest BCUT2D eigenvalue weighted by Gasteiger charge is -2.19. The number of likely N-dealkylation sites (N-methyl/N-ethyl adjacent to an activating group) is 1. The lowest BCUT2D eigenvalue weighted by Crippen LogP contribution is -2.36. The summed E-state index contributed by atoms with van der Waals surface area (Å²) < 4.78 is 32.6. The van der Waals surface area contributed by atoms with Crippen molar-refractivity contribution in [2.75, 3.05) is 13.2 Å². The van der Waals surface area contributed by atoms with Gasteiger partial charge < -0.3 is 10.1 Å². The molecule has 0 heterocycles. The van der Waals surface area contributed by atoms with Crippen LogP contribution in [-0.2, 0) is 6.42 Å². The Bertz CT molecular complexity index is 560. The predicted octanol–water partition coefficient (Wildman–Crippen LogP) is 3.56. The molecule has 112 valence electrons. The van der Waals surface area contributed by atoms with Gasteiger partial charge in [-0.15, -0.1) is 0 Å². The molecule has 0 saturated heterocycles. The maximum atomic E-state index is 13.7. The summed E-state index contributed by atoms with van der Waals surface area (Å²) in [6, 6.07) is 12.9. The Morgan fingerprint density at radius 1 is 1.10 bits per heavy atom. The zero-order chi connectivity index (χ0) is 15.1. The highest BCUT2D eigenvalue weighted by molar-refractivity contribution is 5.22. The summed E-state index contributed by atoms with van der Waals surface area (Å²) in [5.41, 5.74) is 0.359. The molecule has 2 aromatic carbocycles. The molecule has 0 amide bonds. The molecule has 4 heteroatoms. The first-order valence-electron chi connectivity index (χ1n) is 7.04. The van der Waals surface area contributed by atoms with Crippen molar-refractivity contribution in [2.24, 2.45) is 0 Å². The summed E-state index contributed by atoms with van der Waals surface area (Å²) >= 11 is 0. The van der Waals surface area contributed by atoms with E-state index in [2.05, 4.69) is 5.32 Å². The summed E-state index contributed by atoms with van der Waals surface area (Å²) in [5.74, 6) is -0.0512. The minimum absolute atomic E-state index is 0.0773. The summed E-state index contributed by atoms with van der Waals surface area (Å²) in [6.07, 6.45) is 0.379. The number of halogens is 2. The van der Waals surface area contributed by atoms with Gasteiger partial charge in [-0.1, -0.05) is 25.1 Å². The van der Waals surface area contributed by atoms with Crippen molar-refractivity contribution in [2.45, 2.75) is 19.4 Å². The molecule has 2 rings (SSSR count). The molecule has 0 aliphatic rings. The van der Waals surface area contributed by atoms with Gasteiger partial charge in [-0.25, -0.2) is 8.78 Å². The van der Waals surface area contributed by atoms with Gasteiger partial charge in [-0.05, 0) is 48.9 Å². The van der Waals surface area contributed by atoms with Crippen LogP contribution in [0.2, 0.25) is 0 Å². The second-order valence-electron chi connectivity index (χ2n) is 4.82. The number of nitrogens with one attached hydrogen (secondary N) is 1. The van der Waals surface area contributed by atoms with Crippen LogP contribution in [0.25, 0.3) is 0 Å². The molecule has 1 atom stereocenters. The molecule has 0 saturated carbocycles. The van der Waals surface area contributed by atoms with Crippen LogP contribution in [0.4, 0.5) is 8.78 Å². The Morgan fingerprint density at radius 3 is 2.57 bits per heavy atom. The van der Waals surface area contributed by atoms with Crippen LogP contribution in [0.15, 0.2) is 48.5 Å². The maximum Gasteiger partial charge on any atom is 0.126 e. The number of benzene rings is 2. The summed E-state index contributed by atoms with van der Waals surface area (Å²) in [6.45, 7) is 3.10. The van der Waals surface area contributed by atoms with E-state index in [1.165, 1.54) is 6.07 Å². The van der Waals surface area contributed by atoms with Gasteiger partial charge in [-0.3, -0.25) is 0 Å². The zero-order valence-electron chi connectivity index (χ0n) is 12.0. The molecule has 0 aromatic heterocycles. The molecular weight excluding hydrogens is 272 g/mol. The molecule has 2 nitrogen and oxygen atoms in total.